The first-order valence-corrected chi connectivity index (χ1v) is 16.3. The van der Waals surface area contributed by atoms with Gasteiger partial charge in [0.25, 0.3) is 0 Å². The Balaban J connectivity index is 1.35. The fourth-order valence-corrected chi connectivity index (χ4v) is 5.56. The van der Waals surface area contributed by atoms with Crippen molar-refractivity contribution in [1.29, 1.82) is 0 Å². The lowest BCUT2D eigenvalue weighted by Gasteiger charge is -2.39. The Morgan fingerprint density at radius 3 is 2.40 bits per heavy atom. The van der Waals surface area contributed by atoms with Crippen molar-refractivity contribution >= 4 is 17.6 Å². The maximum Gasteiger partial charge on any atom is 0.222 e. The minimum atomic E-state index is -0.247. The van der Waals surface area contributed by atoms with Crippen LogP contribution >= 0.6 is 0 Å². The summed E-state index contributed by atoms with van der Waals surface area (Å²) in [5.41, 5.74) is 10.5. The fourth-order valence-electron chi connectivity index (χ4n) is 5.56. The molecule has 2 aromatic heterocycles. The Bertz CT molecular complexity index is 1610. The van der Waals surface area contributed by atoms with E-state index in [4.69, 9.17) is 20.2 Å². The topological polar surface area (TPSA) is 106 Å². The van der Waals surface area contributed by atoms with Crippen LogP contribution in [0.1, 0.15) is 63.6 Å². The van der Waals surface area contributed by atoms with Crippen molar-refractivity contribution in [1.82, 2.24) is 19.8 Å². The lowest BCUT2D eigenvalue weighted by Crippen LogP contribution is -2.51. The molecule has 0 saturated carbocycles. The summed E-state index contributed by atoms with van der Waals surface area (Å²) in [6.07, 6.45) is 6.77. The summed E-state index contributed by atoms with van der Waals surface area (Å²) in [6.45, 7) is 10.8. The number of nitrogens with zero attached hydrogens (tertiary/aromatic N) is 5. The highest BCUT2D eigenvalue weighted by Crippen LogP contribution is 2.32. The third kappa shape index (κ3) is 9.86. The van der Waals surface area contributed by atoms with Crippen LogP contribution < -0.4 is 10.5 Å². The van der Waals surface area contributed by atoms with E-state index in [1.54, 1.807) is 18.6 Å². The molecule has 2 N–H and O–H groups in total. The van der Waals surface area contributed by atoms with Gasteiger partial charge in [0.1, 0.15) is 5.75 Å². The molecule has 9 heteroatoms. The molecule has 2 aromatic carbocycles. The molecular formula is C38H46N6O3. The molecule has 5 rings (SSSR count). The second-order valence-corrected chi connectivity index (χ2v) is 13.3. The number of fused-ring (bicyclic) bond motifs is 1. The molecule has 246 valence electrons. The molecule has 9 nitrogen and oxygen atoms in total. The number of hydrogen-bond acceptors (Lipinski definition) is 8. The first kappa shape index (κ1) is 33.6. The zero-order chi connectivity index (χ0) is 33.2. The minimum absolute atomic E-state index is 0.0991. The Kier molecular flexibility index (Phi) is 11.2. The van der Waals surface area contributed by atoms with Crippen molar-refractivity contribution < 1.29 is 14.3 Å². The van der Waals surface area contributed by atoms with E-state index in [9.17, 15) is 4.79 Å². The number of nitrogens with two attached hydrogens (primary N) is 1. The van der Waals surface area contributed by atoms with E-state index >= 15 is 0 Å². The Labute approximate surface area is 278 Å². The van der Waals surface area contributed by atoms with Crippen molar-refractivity contribution in [2.45, 2.75) is 78.8 Å². The van der Waals surface area contributed by atoms with E-state index in [-0.39, 0.29) is 23.5 Å². The lowest BCUT2D eigenvalue weighted by molar-refractivity contribution is -0.132. The number of guanidine groups is 1. The standard InChI is InChI=1S/C38H46N6O3/c1-28(46-27-30-11-7-5-8-12-30)34(15-16-36(45)43(22-19-38(2,3)4)25-29-17-20-40-21-18-29)44-26-31-23-35(41-24-33(31)42-37(44)39)47-32-13-9-6-10-14-32/h5-14,17-18,20-21,23-24,28,34H,15-16,19,22,25-27H2,1-4H3,(H2,39,42)/t28-,34+/m1/s1. The Morgan fingerprint density at radius 2 is 1.70 bits per heavy atom. The van der Waals surface area contributed by atoms with E-state index < -0.39 is 0 Å². The second kappa shape index (κ2) is 15.7. The third-order valence-electron chi connectivity index (χ3n) is 8.34. The number of rotatable bonds is 14. The van der Waals surface area contributed by atoms with Crippen LogP contribution in [0.2, 0.25) is 0 Å². The Hall–Kier alpha value is -4.76. The Morgan fingerprint density at radius 1 is 1.00 bits per heavy atom. The summed E-state index contributed by atoms with van der Waals surface area (Å²) in [5.74, 6) is 1.67. The molecule has 4 aromatic rings. The number of ether oxygens (including phenoxy) is 2. The van der Waals surface area contributed by atoms with Gasteiger partial charge in [0, 0.05) is 50.1 Å². The van der Waals surface area contributed by atoms with Gasteiger partial charge in [-0.1, -0.05) is 69.3 Å². The summed E-state index contributed by atoms with van der Waals surface area (Å²) in [5, 5.41) is 0. The van der Waals surface area contributed by atoms with Crippen molar-refractivity contribution in [2.75, 3.05) is 6.54 Å². The number of aliphatic imine (C=N–C) groups is 1. The number of para-hydroxylation sites is 1. The maximum atomic E-state index is 13.9. The smallest absolute Gasteiger partial charge is 0.222 e. The molecular weight excluding hydrogens is 588 g/mol. The SMILES string of the molecule is C[C@@H](OCc1ccccc1)[C@H](CCC(=O)N(CCC(C)(C)C)Cc1ccncc1)N1Cc2cc(Oc3ccccc3)ncc2N=C1N. The largest absolute Gasteiger partial charge is 0.439 e. The number of pyridine rings is 2. The summed E-state index contributed by atoms with van der Waals surface area (Å²) in [7, 11) is 0. The second-order valence-electron chi connectivity index (χ2n) is 13.3. The van der Waals surface area contributed by atoms with E-state index in [0.717, 1.165) is 23.1 Å². The van der Waals surface area contributed by atoms with Crippen LogP contribution in [0.15, 0.2) is 102 Å². The van der Waals surface area contributed by atoms with Crippen molar-refractivity contribution in [3.05, 3.63) is 114 Å². The molecule has 2 atom stereocenters. The van der Waals surface area contributed by atoms with Gasteiger partial charge in [0.2, 0.25) is 11.8 Å². The van der Waals surface area contributed by atoms with E-state index in [2.05, 4.69) is 35.6 Å². The van der Waals surface area contributed by atoms with Crippen LogP contribution in [-0.2, 0) is 29.2 Å². The van der Waals surface area contributed by atoms with Crippen molar-refractivity contribution in [3.63, 3.8) is 0 Å². The molecule has 1 aliphatic rings. The number of benzene rings is 2. The van der Waals surface area contributed by atoms with Gasteiger partial charge < -0.3 is 25.0 Å². The lowest BCUT2D eigenvalue weighted by atomic mass is 9.92. The zero-order valence-electron chi connectivity index (χ0n) is 27.9. The van der Waals surface area contributed by atoms with E-state index in [1.807, 2.05) is 90.7 Å². The number of carbonyl (C=O) groups excluding carboxylic acids is 1. The highest BCUT2D eigenvalue weighted by molar-refractivity contribution is 5.84. The monoisotopic (exact) mass is 634 g/mol. The first-order chi connectivity index (χ1) is 22.6. The van der Waals surface area contributed by atoms with Gasteiger partial charge in [-0.3, -0.25) is 9.78 Å². The van der Waals surface area contributed by atoms with E-state index in [0.29, 0.717) is 62.4 Å². The van der Waals surface area contributed by atoms with Gasteiger partial charge >= 0.3 is 0 Å². The highest BCUT2D eigenvalue weighted by Gasteiger charge is 2.32. The molecule has 0 bridgehead atoms. The van der Waals surface area contributed by atoms with Gasteiger partial charge in [-0.2, -0.15) is 0 Å². The average Bonchev–Trinajstić information content (AvgIpc) is 3.07. The molecule has 0 fully saturated rings. The zero-order valence-corrected chi connectivity index (χ0v) is 27.9. The molecule has 1 amide bonds. The number of carbonyl (C=O) groups is 1. The predicted octanol–water partition coefficient (Wildman–Crippen LogP) is 7.25. The first-order valence-electron chi connectivity index (χ1n) is 16.3. The molecule has 0 unspecified atom stereocenters. The molecule has 0 aliphatic carbocycles. The molecule has 0 saturated heterocycles. The van der Waals surface area contributed by atoms with Gasteiger partial charge in [-0.15, -0.1) is 0 Å². The number of hydrogen-bond donors (Lipinski definition) is 1. The molecule has 47 heavy (non-hydrogen) atoms. The van der Waals surface area contributed by atoms with Crippen LogP contribution in [0, 0.1) is 5.41 Å². The van der Waals surface area contributed by atoms with Crippen LogP contribution in [0.5, 0.6) is 11.6 Å². The summed E-state index contributed by atoms with van der Waals surface area (Å²) >= 11 is 0. The quantitative estimate of drug-likeness (QED) is 0.156. The van der Waals surface area contributed by atoms with Crippen LogP contribution in [-0.4, -0.2) is 50.3 Å². The van der Waals surface area contributed by atoms with E-state index in [1.165, 1.54) is 0 Å². The van der Waals surface area contributed by atoms with Crippen LogP contribution in [0.3, 0.4) is 0 Å². The van der Waals surface area contributed by atoms with Gasteiger partial charge in [0.15, 0.2) is 5.96 Å². The normalized spacial score (nSPS) is 14.1. The van der Waals surface area contributed by atoms with Gasteiger partial charge in [0.05, 0.1) is 30.6 Å². The summed E-state index contributed by atoms with van der Waals surface area (Å²) in [4.78, 5) is 31.3. The maximum absolute atomic E-state index is 13.9. The minimum Gasteiger partial charge on any atom is -0.439 e. The van der Waals surface area contributed by atoms with Crippen LogP contribution in [0.25, 0.3) is 0 Å². The van der Waals surface area contributed by atoms with Gasteiger partial charge in [-0.05, 0) is 60.6 Å². The number of amides is 1. The fraction of sp³-hybridized carbons (Fsp3) is 0.368. The number of aromatic nitrogens is 2. The average molecular weight is 635 g/mol. The predicted molar refractivity (Wildman–Crippen MR) is 185 cm³/mol. The molecule has 3 heterocycles. The van der Waals surface area contributed by atoms with Crippen molar-refractivity contribution in [3.8, 4) is 11.6 Å². The third-order valence-corrected chi connectivity index (χ3v) is 8.34. The molecule has 0 radical (unpaired) electrons. The summed E-state index contributed by atoms with van der Waals surface area (Å²) in [6, 6.07) is 25.3. The van der Waals surface area contributed by atoms with Crippen LogP contribution in [0.4, 0.5) is 5.69 Å². The molecule has 0 spiro atoms. The molecule has 1 aliphatic heterocycles. The van der Waals surface area contributed by atoms with Gasteiger partial charge in [-0.25, -0.2) is 9.98 Å². The highest BCUT2D eigenvalue weighted by atomic mass is 16.5. The summed E-state index contributed by atoms with van der Waals surface area (Å²) < 4.78 is 12.5. The van der Waals surface area contributed by atoms with Crippen molar-refractivity contribution in [2.24, 2.45) is 16.1 Å².